The maximum Gasteiger partial charge on any atom is 0.228 e. The molecular weight excluding hydrogens is 382 g/mol. The van der Waals surface area contributed by atoms with Crippen LogP contribution in [0.3, 0.4) is 0 Å². The Hall–Kier alpha value is -2.57. The SMILES string of the molecule is CCc1cn[nH]c1-c1ccc(Sc2cccc(C3(C(N)=O)CCOCC3)c2)cc1. The van der Waals surface area contributed by atoms with E-state index >= 15 is 0 Å². The topological polar surface area (TPSA) is 81.0 Å². The standard InChI is InChI=1S/C23H25N3O2S/c1-2-16-15-25-26-21(16)17-6-8-19(9-7-17)29-20-5-3-4-18(14-20)23(22(24)27)10-12-28-13-11-23/h3-9,14-15H,2,10-13H2,1H3,(H2,24,27)(H,25,26). The number of amides is 1. The van der Waals surface area contributed by atoms with Gasteiger partial charge in [-0.2, -0.15) is 5.10 Å². The molecule has 0 radical (unpaired) electrons. The first kappa shape index (κ1) is 19.7. The van der Waals surface area contributed by atoms with Crippen molar-refractivity contribution in [2.45, 2.75) is 41.4 Å². The number of nitrogens with one attached hydrogen (secondary N) is 1. The van der Waals surface area contributed by atoms with Gasteiger partial charge in [0.05, 0.1) is 17.3 Å². The summed E-state index contributed by atoms with van der Waals surface area (Å²) in [5.41, 5.74) is 9.59. The molecule has 1 aliphatic heterocycles. The van der Waals surface area contributed by atoms with Gasteiger partial charge in [0.1, 0.15) is 0 Å². The lowest BCUT2D eigenvalue weighted by Crippen LogP contribution is -2.45. The van der Waals surface area contributed by atoms with E-state index < -0.39 is 5.41 Å². The summed E-state index contributed by atoms with van der Waals surface area (Å²) in [5.74, 6) is -0.265. The number of H-pyrrole nitrogens is 1. The number of carbonyl (C=O) groups is 1. The number of hydrogen-bond donors (Lipinski definition) is 2. The molecule has 0 saturated carbocycles. The first-order chi connectivity index (χ1) is 14.1. The second kappa shape index (κ2) is 8.43. The highest BCUT2D eigenvalue weighted by Gasteiger charge is 2.40. The van der Waals surface area contributed by atoms with Gasteiger partial charge < -0.3 is 10.5 Å². The van der Waals surface area contributed by atoms with Crippen molar-refractivity contribution >= 4 is 17.7 Å². The summed E-state index contributed by atoms with van der Waals surface area (Å²) in [5, 5.41) is 7.25. The fourth-order valence-corrected chi connectivity index (χ4v) is 4.79. The van der Waals surface area contributed by atoms with Crippen molar-refractivity contribution in [3.63, 3.8) is 0 Å². The van der Waals surface area contributed by atoms with Crippen LogP contribution in [0.15, 0.2) is 64.5 Å². The van der Waals surface area contributed by atoms with E-state index in [4.69, 9.17) is 10.5 Å². The first-order valence-corrected chi connectivity index (χ1v) is 10.7. The highest BCUT2D eigenvalue weighted by Crippen LogP contribution is 2.38. The summed E-state index contributed by atoms with van der Waals surface area (Å²) in [7, 11) is 0. The minimum absolute atomic E-state index is 0.265. The summed E-state index contributed by atoms with van der Waals surface area (Å²) in [6, 6.07) is 16.6. The van der Waals surface area contributed by atoms with Crippen molar-refractivity contribution in [3.8, 4) is 11.3 Å². The average molecular weight is 408 g/mol. The van der Waals surface area contributed by atoms with Gasteiger partial charge >= 0.3 is 0 Å². The van der Waals surface area contributed by atoms with Gasteiger partial charge in [0, 0.05) is 23.0 Å². The van der Waals surface area contributed by atoms with Crippen molar-refractivity contribution in [3.05, 3.63) is 65.9 Å². The highest BCUT2D eigenvalue weighted by molar-refractivity contribution is 7.99. The fourth-order valence-electron chi connectivity index (χ4n) is 3.91. The number of carbonyl (C=O) groups excluding carboxylic acids is 1. The Morgan fingerprint density at radius 3 is 2.62 bits per heavy atom. The highest BCUT2D eigenvalue weighted by atomic mass is 32.2. The lowest BCUT2D eigenvalue weighted by Gasteiger charge is -2.34. The molecule has 6 heteroatoms. The number of aromatic nitrogens is 2. The van der Waals surface area contributed by atoms with E-state index in [9.17, 15) is 4.79 Å². The molecule has 0 spiro atoms. The van der Waals surface area contributed by atoms with Crippen LogP contribution in [-0.4, -0.2) is 29.3 Å². The fraction of sp³-hybridized carbons (Fsp3) is 0.304. The first-order valence-electron chi connectivity index (χ1n) is 9.91. The van der Waals surface area contributed by atoms with Crippen molar-refractivity contribution in [2.75, 3.05) is 13.2 Å². The molecule has 5 nitrogen and oxygen atoms in total. The molecule has 1 aromatic heterocycles. The van der Waals surface area contributed by atoms with Gasteiger partial charge in [0.2, 0.25) is 5.91 Å². The smallest absolute Gasteiger partial charge is 0.228 e. The van der Waals surface area contributed by atoms with Crippen LogP contribution in [0.25, 0.3) is 11.3 Å². The number of aryl methyl sites for hydroxylation is 1. The van der Waals surface area contributed by atoms with Crippen LogP contribution in [0, 0.1) is 0 Å². The van der Waals surface area contributed by atoms with Crippen molar-refractivity contribution in [2.24, 2.45) is 5.73 Å². The Kier molecular flexibility index (Phi) is 5.74. The molecule has 29 heavy (non-hydrogen) atoms. The molecular formula is C23H25N3O2S. The third-order valence-electron chi connectivity index (χ3n) is 5.68. The molecule has 1 amide bonds. The Bertz CT molecular complexity index is 991. The lowest BCUT2D eigenvalue weighted by atomic mass is 9.73. The normalized spacial score (nSPS) is 15.9. The minimum Gasteiger partial charge on any atom is -0.381 e. The average Bonchev–Trinajstić information content (AvgIpc) is 3.24. The van der Waals surface area contributed by atoms with E-state index in [2.05, 4.69) is 53.5 Å². The third kappa shape index (κ3) is 3.95. The van der Waals surface area contributed by atoms with Crippen LogP contribution in [0.2, 0.25) is 0 Å². The van der Waals surface area contributed by atoms with Gasteiger partial charge in [-0.15, -0.1) is 0 Å². The van der Waals surface area contributed by atoms with Crippen molar-refractivity contribution in [1.82, 2.24) is 10.2 Å². The molecule has 0 bridgehead atoms. The Morgan fingerprint density at radius 1 is 1.17 bits per heavy atom. The summed E-state index contributed by atoms with van der Waals surface area (Å²) < 4.78 is 5.46. The van der Waals surface area contributed by atoms with E-state index in [1.54, 1.807) is 11.8 Å². The molecule has 4 rings (SSSR count). The Balaban J connectivity index is 1.56. The number of primary amides is 1. The van der Waals surface area contributed by atoms with Crippen LogP contribution < -0.4 is 5.73 Å². The van der Waals surface area contributed by atoms with Crippen LogP contribution >= 0.6 is 11.8 Å². The molecule has 0 unspecified atom stereocenters. The van der Waals surface area contributed by atoms with E-state index in [0.29, 0.717) is 26.1 Å². The molecule has 3 N–H and O–H groups in total. The molecule has 1 aliphatic rings. The zero-order valence-corrected chi connectivity index (χ0v) is 17.3. The predicted octanol–water partition coefficient (Wildman–Crippen LogP) is 4.32. The Morgan fingerprint density at radius 2 is 1.93 bits per heavy atom. The number of hydrogen-bond acceptors (Lipinski definition) is 4. The molecule has 0 atom stereocenters. The molecule has 2 heterocycles. The quantitative estimate of drug-likeness (QED) is 0.637. The summed E-state index contributed by atoms with van der Waals surface area (Å²) >= 11 is 1.68. The van der Waals surface area contributed by atoms with E-state index in [0.717, 1.165) is 33.0 Å². The predicted molar refractivity (Wildman–Crippen MR) is 115 cm³/mol. The lowest BCUT2D eigenvalue weighted by molar-refractivity contribution is -0.127. The van der Waals surface area contributed by atoms with E-state index in [1.807, 2.05) is 18.3 Å². The number of ether oxygens (including phenoxy) is 1. The van der Waals surface area contributed by atoms with Gasteiger partial charge in [0.15, 0.2) is 0 Å². The molecule has 3 aromatic rings. The maximum absolute atomic E-state index is 12.3. The zero-order valence-electron chi connectivity index (χ0n) is 16.5. The molecule has 150 valence electrons. The summed E-state index contributed by atoms with van der Waals surface area (Å²) in [4.78, 5) is 14.5. The summed E-state index contributed by atoms with van der Waals surface area (Å²) in [6.45, 7) is 3.26. The van der Waals surface area contributed by atoms with Gasteiger partial charge in [-0.25, -0.2) is 0 Å². The third-order valence-corrected chi connectivity index (χ3v) is 6.68. The van der Waals surface area contributed by atoms with Gasteiger partial charge in [-0.1, -0.05) is 43.0 Å². The van der Waals surface area contributed by atoms with Gasteiger partial charge in [-0.05, 0) is 60.2 Å². The van der Waals surface area contributed by atoms with E-state index in [1.165, 1.54) is 5.56 Å². The summed E-state index contributed by atoms with van der Waals surface area (Å²) in [6.07, 6.45) is 4.10. The number of nitrogens with zero attached hydrogens (tertiary/aromatic N) is 1. The van der Waals surface area contributed by atoms with Gasteiger partial charge in [0.25, 0.3) is 0 Å². The molecule has 2 aromatic carbocycles. The van der Waals surface area contributed by atoms with Crippen molar-refractivity contribution in [1.29, 1.82) is 0 Å². The number of rotatable bonds is 6. The second-order valence-corrected chi connectivity index (χ2v) is 8.48. The van der Waals surface area contributed by atoms with Crippen LogP contribution in [-0.2, 0) is 21.4 Å². The van der Waals surface area contributed by atoms with Crippen molar-refractivity contribution < 1.29 is 9.53 Å². The second-order valence-electron chi connectivity index (χ2n) is 7.34. The maximum atomic E-state index is 12.3. The number of nitrogens with two attached hydrogens (primary N) is 1. The van der Waals surface area contributed by atoms with Crippen LogP contribution in [0.5, 0.6) is 0 Å². The minimum atomic E-state index is -0.629. The molecule has 0 aliphatic carbocycles. The largest absolute Gasteiger partial charge is 0.381 e. The van der Waals surface area contributed by atoms with E-state index in [-0.39, 0.29) is 5.91 Å². The van der Waals surface area contributed by atoms with Crippen LogP contribution in [0.4, 0.5) is 0 Å². The number of aromatic amines is 1. The monoisotopic (exact) mass is 407 g/mol. The number of benzene rings is 2. The van der Waals surface area contributed by atoms with Crippen LogP contribution in [0.1, 0.15) is 30.9 Å². The van der Waals surface area contributed by atoms with Gasteiger partial charge in [-0.3, -0.25) is 9.89 Å². The zero-order chi connectivity index (χ0) is 20.3. The Labute approximate surface area is 175 Å². The molecule has 1 fully saturated rings. The molecule has 1 saturated heterocycles.